The Hall–Kier alpha value is -1.98. The topological polar surface area (TPSA) is 51.7 Å². The first-order chi connectivity index (χ1) is 10.3. The van der Waals surface area contributed by atoms with Crippen LogP contribution < -0.4 is 0 Å². The van der Waals surface area contributed by atoms with Gasteiger partial charge in [-0.05, 0) is 11.5 Å². The fourth-order valence-electron chi connectivity index (χ4n) is 2.50. The minimum Gasteiger partial charge on any atom is -0.376 e. The number of amides is 1. The number of hydrogen-bond donors (Lipinski definition) is 0. The van der Waals surface area contributed by atoms with E-state index in [2.05, 4.69) is 4.98 Å². The van der Waals surface area contributed by atoms with Gasteiger partial charge in [0.05, 0.1) is 25.9 Å². The summed E-state index contributed by atoms with van der Waals surface area (Å²) < 4.78 is 10.9. The first kappa shape index (κ1) is 14.0. The lowest BCUT2D eigenvalue weighted by molar-refractivity contribution is -0.0933. The SMILES string of the molecule is CN(CC1COCCO1)C(=O)c1nccc2ccccc12. The zero-order valence-electron chi connectivity index (χ0n) is 12.0. The molecule has 1 atom stereocenters. The maximum Gasteiger partial charge on any atom is 0.272 e. The van der Waals surface area contributed by atoms with E-state index in [1.165, 1.54) is 0 Å². The van der Waals surface area contributed by atoms with Crippen molar-refractivity contribution < 1.29 is 14.3 Å². The number of pyridine rings is 1. The molecule has 1 aliphatic heterocycles. The lowest BCUT2D eigenvalue weighted by Gasteiger charge is -2.27. The summed E-state index contributed by atoms with van der Waals surface area (Å²) in [5.74, 6) is -0.0963. The van der Waals surface area contributed by atoms with Crippen LogP contribution in [-0.4, -0.2) is 55.3 Å². The average molecular weight is 286 g/mol. The van der Waals surface area contributed by atoms with Gasteiger partial charge < -0.3 is 14.4 Å². The average Bonchev–Trinajstić information content (AvgIpc) is 2.54. The number of hydrogen-bond acceptors (Lipinski definition) is 4. The summed E-state index contributed by atoms with van der Waals surface area (Å²) in [4.78, 5) is 18.5. The van der Waals surface area contributed by atoms with Gasteiger partial charge in [-0.3, -0.25) is 9.78 Å². The smallest absolute Gasteiger partial charge is 0.272 e. The number of ether oxygens (including phenoxy) is 2. The summed E-state index contributed by atoms with van der Waals surface area (Å²) in [6.45, 7) is 2.24. The molecule has 3 rings (SSSR count). The normalized spacial score (nSPS) is 18.6. The summed E-state index contributed by atoms with van der Waals surface area (Å²) in [6.07, 6.45) is 1.60. The van der Waals surface area contributed by atoms with E-state index in [0.29, 0.717) is 32.1 Å². The number of carbonyl (C=O) groups is 1. The van der Waals surface area contributed by atoms with Gasteiger partial charge in [0.1, 0.15) is 5.69 Å². The van der Waals surface area contributed by atoms with Gasteiger partial charge in [-0.2, -0.15) is 0 Å². The largest absolute Gasteiger partial charge is 0.376 e. The van der Waals surface area contributed by atoms with E-state index in [1.807, 2.05) is 30.3 Å². The van der Waals surface area contributed by atoms with Gasteiger partial charge in [-0.1, -0.05) is 24.3 Å². The molecule has 5 heteroatoms. The van der Waals surface area contributed by atoms with E-state index in [4.69, 9.17) is 9.47 Å². The minimum atomic E-state index is -0.0963. The number of fused-ring (bicyclic) bond motifs is 1. The molecule has 0 aliphatic carbocycles. The van der Waals surface area contributed by atoms with Crippen LogP contribution in [0.15, 0.2) is 36.5 Å². The summed E-state index contributed by atoms with van der Waals surface area (Å²) in [5, 5.41) is 1.89. The van der Waals surface area contributed by atoms with Crippen LogP contribution in [0.5, 0.6) is 0 Å². The Labute approximate surface area is 123 Å². The van der Waals surface area contributed by atoms with Crippen LogP contribution in [0, 0.1) is 0 Å². The van der Waals surface area contributed by atoms with Crippen LogP contribution in [-0.2, 0) is 9.47 Å². The first-order valence-corrected chi connectivity index (χ1v) is 7.04. The molecule has 2 aromatic rings. The molecule has 21 heavy (non-hydrogen) atoms. The first-order valence-electron chi connectivity index (χ1n) is 7.04. The van der Waals surface area contributed by atoms with Crippen molar-refractivity contribution in [2.24, 2.45) is 0 Å². The lowest BCUT2D eigenvalue weighted by atomic mass is 10.1. The zero-order chi connectivity index (χ0) is 14.7. The molecule has 1 saturated heterocycles. The molecule has 0 bridgehead atoms. The van der Waals surface area contributed by atoms with Gasteiger partial charge >= 0.3 is 0 Å². The van der Waals surface area contributed by atoms with E-state index in [-0.39, 0.29) is 12.0 Å². The molecule has 1 aliphatic rings. The molecule has 1 amide bonds. The molecule has 2 heterocycles. The summed E-state index contributed by atoms with van der Waals surface area (Å²) in [5.41, 5.74) is 0.479. The zero-order valence-corrected chi connectivity index (χ0v) is 12.0. The maximum absolute atomic E-state index is 12.6. The highest BCUT2D eigenvalue weighted by atomic mass is 16.6. The van der Waals surface area contributed by atoms with Crippen LogP contribution >= 0.6 is 0 Å². The van der Waals surface area contributed by atoms with E-state index >= 15 is 0 Å². The Morgan fingerprint density at radius 3 is 3.00 bits per heavy atom. The van der Waals surface area contributed by atoms with Crippen molar-refractivity contribution in [1.82, 2.24) is 9.88 Å². The molecule has 5 nitrogen and oxygen atoms in total. The van der Waals surface area contributed by atoms with Crippen LogP contribution in [0.4, 0.5) is 0 Å². The second-order valence-electron chi connectivity index (χ2n) is 5.13. The number of aromatic nitrogens is 1. The molecular formula is C16H18N2O3. The second kappa shape index (κ2) is 6.20. The van der Waals surface area contributed by atoms with Gasteiger partial charge in [0, 0.05) is 25.2 Å². The monoisotopic (exact) mass is 286 g/mol. The van der Waals surface area contributed by atoms with Crippen molar-refractivity contribution in [3.63, 3.8) is 0 Å². The van der Waals surface area contributed by atoms with Gasteiger partial charge in [0.25, 0.3) is 5.91 Å². The van der Waals surface area contributed by atoms with Crippen molar-refractivity contribution in [1.29, 1.82) is 0 Å². The molecule has 110 valence electrons. The predicted molar refractivity (Wildman–Crippen MR) is 79.3 cm³/mol. The molecular weight excluding hydrogens is 268 g/mol. The van der Waals surface area contributed by atoms with Crippen molar-refractivity contribution in [2.45, 2.75) is 6.10 Å². The molecule has 1 aromatic heterocycles. The van der Waals surface area contributed by atoms with Gasteiger partial charge in [-0.15, -0.1) is 0 Å². The van der Waals surface area contributed by atoms with Crippen molar-refractivity contribution >= 4 is 16.7 Å². The fourth-order valence-corrected chi connectivity index (χ4v) is 2.50. The molecule has 0 radical (unpaired) electrons. The highest BCUT2D eigenvalue weighted by Gasteiger charge is 2.22. The number of likely N-dealkylation sites (N-methyl/N-ethyl adjacent to an activating group) is 1. The maximum atomic E-state index is 12.6. The number of nitrogens with zero attached hydrogens (tertiary/aromatic N) is 2. The summed E-state index contributed by atoms with van der Waals surface area (Å²) >= 11 is 0. The Balaban J connectivity index is 1.79. The van der Waals surface area contributed by atoms with Crippen molar-refractivity contribution in [2.75, 3.05) is 33.4 Å². The Morgan fingerprint density at radius 1 is 1.33 bits per heavy atom. The molecule has 1 aromatic carbocycles. The predicted octanol–water partition coefficient (Wildman–Crippen LogP) is 1.72. The van der Waals surface area contributed by atoms with E-state index in [1.54, 1.807) is 18.1 Å². The summed E-state index contributed by atoms with van der Waals surface area (Å²) in [7, 11) is 1.77. The number of rotatable bonds is 3. The fraction of sp³-hybridized carbons (Fsp3) is 0.375. The van der Waals surface area contributed by atoms with Crippen LogP contribution in [0.2, 0.25) is 0 Å². The molecule has 1 unspecified atom stereocenters. The Morgan fingerprint density at radius 2 is 2.19 bits per heavy atom. The standard InChI is InChI=1S/C16H18N2O3/c1-18(10-13-11-20-8-9-21-13)16(19)15-14-5-3-2-4-12(14)6-7-17-15/h2-7,13H,8-11H2,1H3. The second-order valence-corrected chi connectivity index (χ2v) is 5.13. The van der Waals surface area contributed by atoms with E-state index in [0.717, 1.165) is 10.8 Å². The highest BCUT2D eigenvalue weighted by Crippen LogP contribution is 2.17. The summed E-state index contributed by atoms with van der Waals surface area (Å²) in [6, 6.07) is 9.67. The van der Waals surface area contributed by atoms with E-state index < -0.39 is 0 Å². The molecule has 0 saturated carbocycles. The number of carbonyl (C=O) groups excluding carboxylic acids is 1. The molecule has 1 fully saturated rings. The van der Waals surface area contributed by atoms with Crippen molar-refractivity contribution in [3.05, 3.63) is 42.2 Å². The lowest BCUT2D eigenvalue weighted by Crippen LogP contribution is -2.41. The van der Waals surface area contributed by atoms with Gasteiger partial charge in [0.2, 0.25) is 0 Å². The van der Waals surface area contributed by atoms with Crippen molar-refractivity contribution in [3.8, 4) is 0 Å². The van der Waals surface area contributed by atoms with Crippen LogP contribution in [0.3, 0.4) is 0 Å². The Bertz CT molecular complexity index is 633. The number of benzene rings is 1. The minimum absolute atomic E-state index is 0.0670. The van der Waals surface area contributed by atoms with Crippen LogP contribution in [0.1, 0.15) is 10.5 Å². The van der Waals surface area contributed by atoms with Gasteiger partial charge in [-0.25, -0.2) is 0 Å². The molecule has 0 spiro atoms. The van der Waals surface area contributed by atoms with Gasteiger partial charge in [0.15, 0.2) is 0 Å². The van der Waals surface area contributed by atoms with Crippen LogP contribution in [0.25, 0.3) is 10.8 Å². The highest BCUT2D eigenvalue weighted by molar-refractivity contribution is 6.05. The third kappa shape index (κ3) is 3.04. The molecule has 0 N–H and O–H groups in total. The Kier molecular flexibility index (Phi) is 4.13. The third-order valence-electron chi connectivity index (χ3n) is 3.59. The van der Waals surface area contributed by atoms with E-state index in [9.17, 15) is 4.79 Å². The third-order valence-corrected chi connectivity index (χ3v) is 3.59. The quantitative estimate of drug-likeness (QED) is 0.862.